The number of piperidine rings is 1. The Morgan fingerprint density at radius 1 is 1.33 bits per heavy atom. The molecular formula is C22H32N4O. The minimum absolute atomic E-state index is 0.108. The van der Waals surface area contributed by atoms with Crippen LogP contribution in [0.5, 0.6) is 0 Å². The maximum absolute atomic E-state index is 12.9. The van der Waals surface area contributed by atoms with Crippen LogP contribution in [0.3, 0.4) is 0 Å². The minimum Gasteiger partial charge on any atom is -0.366 e. The number of aryl methyl sites for hydroxylation is 2. The van der Waals surface area contributed by atoms with Gasteiger partial charge in [-0.3, -0.25) is 4.79 Å². The van der Waals surface area contributed by atoms with Crippen LogP contribution in [0.4, 0.5) is 5.69 Å². The third kappa shape index (κ3) is 4.51. The topological polar surface area (TPSA) is 82.2 Å². The standard InChI is InChI=1S/C22H32N4O/c1-7-16-10-8-9-15(2)19(16)25-20(27)17(13-23)14-26-21(3,4)11-18(24)12-22(26,5)6/h8-10,14,18H,7,11-12,24H2,1-6H3,(H,25,27)/b17-14-. The molecule has 27 heavy (non-hydrogen) atoms. The summed E-state index contributed by atoms with van der Waals surface area (Å²) in [5, 5.41) is 12.6. The number of nitrogens with zero attached hydrogens (tertiary/aromatic N) is 2. The Labute approximate surface area is 163 Å². The molecule has 0 aromatic heterocycles. The van der Waals surface area contributed by atoms with Crippen LogP contribution in [-0.2, 0) is 11.2 Å². The number of hydrogen-bond acceptors (Lipinski definition) is 4. The van der Waals surface area contributed by atoms with Gasteiger partial charge in [-0.05, 0) is 65.0 Å². The lowest BCUT2D eigenvalue weighted by molar-refractivity contribution is -0.112. The monoisotopic (exact) mass is 368 g/mol. The molecule has 0 radical (unpaired) electrons. The molecule has 1 aliphatic rings. The van der Waals surface area contributed by atoms with Crippen molar-refractivity contribution in [1.82, 2.24) is 4.90 Å². The summed E-state index contributed by atoms with van der Waals surface area (Å²) < 4.78 is 0. The van der Waals surface area contributed by atoms with Gasteiger partial charge >= 0.3 is 0 Å². The summed E-state index contributed by atoms with van der Waals surface area (Å²) >= 11 is 0. The van der Waals surface area contributed by atoms with Crippen LogP contribution >= 0.6 is 0 Å². The Balaban J connectivity index is 2.36. The Morgan fingerprint density at radius 2 is 1.93 bits per heavy atom. The lowest BCUT2D eigenvalue weighted by Crippen LogP contribution is -2.61. The van der Waals surface area contributed by atoms with Gasteiger partial charge in [-0.2, -0.15) is 5.26 Å². The lowest BCUT2D eigenvalue weighted by Gasteiger charge is -2.54. The molecule has 2 rings (SSSR count). The van der Waals surface area contributed by atoms with Gasteiger partial charge in [-0.25, -0.2) is 0 Å². The molecule has 1 saturated heterocycles. The van der Waals surface area contributed by atoms with E-state index < -0.39 is 0 Å². The van der Waals surface area contributed by atoms with Crippen LogP contribution < -0.4 is 11.1 Å². The quantitative estimate of drug-likeness (QED) is 0.624. The van der Waals surface area contributed by atoms with Crippen LogP contribution in [0.2, 0.25) is 0 Å². The molecular weight excluding hydrogens is 336 g/mol. The van der Waals surface area contributed by atoms with Gasteiger partial charge in [-0.15, -0.1) is 0 Å². The van der Waals surface area contributed by atoms with E-state index in [-0.39, 0.29) is 28.6 Å². The van der Waals surface area contributed by atoms with E-state index >= 15 is 0 Å². The summed E-state index contributed by atoms with van der Waals surface area (Å²) in [4.78, 5) is 15.0. The molecule has 0 bridgehead atoms. The summed E-state index contributed by atoms with van der Waals surface area (Å²) in [6.07, 6.45) is 4.15. The number of para-hydroxylation sites is 1. The first-order valence-corrected chi connectivity index (χ1v) is 9.58. The van der Waals surface area contributed by atoms with Crippen LogP contribution in [0.15, 0.2) is 30.0 Å². The van der Waals surface area contributed by atoms with Crippen molar-refractivity contribution in [2.45, 2.75) is 77.9 Å². The molecule has 0 aliphatic carbocycles. The average Bonchev–Trinajstić information content (AvgIpc) is 2.54. The highest BCUT2D eigenvalue weighted by Crippen LogP contribution is 2.38. The van der Waals surface area contributed by atoms with Crippen molar-refractivity contribution >= 4 is 11.6 Å². The van der Waals surface area contributed by atoms with E-state index in [0.29, 0.717) is 0 Å². The highest BCUT2D eigenvalue weighted by atomic mass is 16.1. The molecule has 146 valence electrons. The number of amides is 1. The molecule has 0 atom stereocenters. The Hall–Kier alpha value is -2.32. The second-order valence-corrected chi connectivity index (χ2v) is 8.73. The van der Waals surface area contributed by atoms with Crippen LogP contribution in [0.1, 0.15) is 58.6 Å². The number of likely N-dealkylation sites (tertiary alicyclic amines) is 1. The summed E-state index contributed by atoms with van der Waals surface area (Å²) in [5.74, 6) is -0.372. The summed E-state index contributed by atoms with van der Waals surface area (Å²) in [5.41, 5.74) is 8.72. The van der Waals surface area contributed by atoms with Crippen LogP contribution in [-0.4, -0.2) is 27.9 Å². The average molecular weight is 369 g/mol. The number of anilines is 1. The molecule has 0 spiro atoms. The molecule has 5 nitrogen and oxygen atoms in total. The first kappa shape index (κ1) is 21.0. The fourth-order valence-electron chi connectivity index (χ4n) is 4.37. The van der Waals surface area contributed by atoms with E-state index in [1.54, 1.807) is 6.20 Å². The second-order valence-electron chi connectivity index (χ2n) is 8.73. The lowest BCUT2D eigenvalue weighted by atomic mass is 9.77. The third-order valence-corrected chi connectivity index (χ3v) is 5.43. The van der Waals surface area contributed by atoms with E-state index in [0.717, 1.165) is 36.1 Å². The van der Waals surface area contributed by atoms with E-state index in [1.165, 1.54) is 0 Å². The van der Waals surface area contributed by atoms with Gasteiger partial charge in [0.1, 0.15) is 11.6 Å². The van der Waals surface area contributed by atoms with E-state index in [4.69, 9.17) is 5.73 Å². The Morgan fingerprint density at radius 3 is 2.44 bits per heavy atom. The molecule has 1 aliphatic heterocycles. The van der Waals surface area contributed by atoms with Crippen molar-refractivity contribution < 1.29 is 4.79 Å². The normalized spacial score (nSPS) is 19.5. The number of carbonyl (C=O) groups excluding carboxylic acids is 1. The molecule has 5 heteroatoms. The minimum atomic E-state index is -0.372. The fraction of sp³-hybridized carbons (Fsp3) is 0.545. The number of nitriles is 1. The van der Waals surface area contributed by atoms with Gasteiger partial charge in [-0.1, -0.05) is 25.1 Å². The van der Waals surface area contributed by atoms with Crippen LogP contribution in [0.25, 0.3) is 0 Å². The van der Waals surface area contributed by atoms with Gasteiger partial charge in [0.2, 0.25) is 0 Å². The highest BCUT2D eigenvalue weighted by Gasteiger charge is 2.43. The highest BCUT2D eigenvalue weighted by molar-refractivity contribution is 6.07. The molecule has 1 fully saturated rings. The molecule has 0 saturated carbocycles. The van der Waals surface area contributed by atoms with Gasteiger partial charge in [0.05, 0.1) is 0 Å². The third-order valence-electron chi connectivity index (χ3n) is 5.43. The van der Waals surface area contributed by atoms with E-state index in [9.17, 15) is 10.1 Å². The first-order chi connectivity index (χ1) is 12.5. The van der Waals surface area contributed by atoms with Crippen LogP contribution in [0, 0.1) is 18.3 Å². The van der Waals surface area contributed by atoms with E-state index in [2.05, 4.69) is 44.0 Å². The van der Waals surface area contributed by atoms with Gasteiger partial charge in [0, 0.05) is 29.0 Å². The number of benzene rings is 1. The summed E-state index contributed by atoms with van der Waals surface area (Å²) in [7, 11) is 0. The number of hydrogen-bond donors (Lipinski definition) is 2. The fourth-order valence-corrected chi connectivity index (χ4v) is 4.37. The molecule has 0 unspecified atom stereocenters. The Bertz CT molecular complexity index is 768. The predicted octanol–water partition coefficient (Wildman–Crippen LogP) is 3.88. The van der Waals surface area contributed by atoms with E-state index in [1.807, 2.05) is 32.0 Å². The van der Waals surface area contributed by atoms with Crippen molar-refractivity contribution in [3.63, 3.8) is 0 Å². The number of carbonyl (C=O) groups is 1. The molecule has 3 N–H and O–H groups in total. The SMILES string of the molecule is CCc1cccc(C)c1NC(=O)/C(C#N)=C\N1C(C)(C)CC(N)CC1(C)C. The van der Waals surface area contributed by atoms with Gasteiger partial charge in [0.15, 0.2) is 0 Å². The zero-order valence-electron chi connectivity index (χ0n) is 17.4. The second kappa shape index (κ2) is 7.74. The van der Waals surface area contributed by atoms with Crippen molar-refractivity contribution in [3.8, 4) is 6.07 Å². The van der Waals surface area contributed by atoms with Crippen molar-refractivity contribution in [3.05, 3.63) is 41.1 Å². The first-order valence-electron chi connectivity index (χ1n) is 9.58. The zero-order chi connectivity index (χ0) is 20.4. The van der Waals surface area contributed by atoms with Crippen molar-refractivity contribution in [2.24, 2.45) is 5.73 Å². The van der Waals surface area contributed by atoms with Crippen molar-refractivity contribution in [2.75, 3.05) is 5.32 Å². The number of rotatable bonds is 4. The largest absolute Gasteiger partial charge is 0.366 e. The van der Waals surface area contributed by atoms with Gasteiger partial charge < -0.3 is 16.0 Å². The zero-order valence-corrected chi connectivity index (χ0v) is 17.4. The maximum atomic E-state index is 12.9. The molecule has 1 amide bonds. The van der Waals surface area contributed by atoms with Gasteiger partial charge in [0.25, 0.3) is 5.91 Å². The molecule has 1 heterocycles. The Kier molecular flexibility index (Phi) is 6.01. The molecule has 1 aromatic rings. The smallest absolute Gasteiger partial charge is 0.267 e. The summed E-state index contributed by atoms with van der Waals surface area (Å²) in [6, 6.07) is 8.14. The maximum Gasteiger partial charge on any atom is 0.267 e. The summed E-state index contributed by atoms with van der Waals surface area (Å²) in [6.45, 7) is 12.4. The number of nitrogens with one attached hydrogen (secondary N) is 1. The number of nitrogens with two attached hydrogens (primary N) is 1. The van der Waals surface area contributed by atoms with Crippen molar-refractivity contribution in [1.29, 1.82) is 5.26 Å². The molecule has 1 aromatic carbocycles. The predicted molar refractivity (Wildman–Crippen MR) is 110 cm³/mol.